The van der Waals surface area contributed by atoms with E-state index in [4.69, 9.17) is 78.2 Å². The molecule has 2 aromatic carbocycles. The molecule has 2 amide bonds. The Morgan fingerprint density at radius 3 is 1.44 bits per heavy atom. The first-order valence-corrected chi connectivity index (χ1v) is 22.2. The molecule has 6 N–H and O–H groups in total. The Morgan fingerprint density at radius 1 is 0.577 bits per heavy atom. The van der Waals surface area contributed by atoms with Gasteiger partial charge >= 0.3 is 11.9 Å². The van der Waals surface area contributed by atoms with Crippen LogP contribution in [0.25, 0.3) is 0 Å². The van der Waals surface area contributed by atoms with E-state index >= 15 is 0 Å². The van der Waals surface area contributed by atoms with Crippen molar-refractivity contribution in [2.75, 3.05) is 93.5 Å². The summed E-state index contributed by atoms with van der Waals surface area (Å²) in [5, 5.41) is 25.8. The Morgan fingerprint density at radius 2 is 1.00 bits per heavy atom. The van der Waals surface area contributed by atoms with Crippen LogP contribution in [0.5, 0.6) is 0 Å². The first-order valence-electron chi connectivity index (χ1n) is 22.2. The highest BCUT2D eigenvalue weighted by Gasteiger charge is 2.55. The fraction of sp³-hybridized carbons (Fsp3) is 0.545. The second-order valence-electron chi connectivity index (χ2n) is 15.4. The zero-order valence-electron chi connectivity index (χ0n) is 38.9. The molecule has 10 atom stereocenters. The predicted octanol–water partition coefficient (Wildman–Crippen LogP) is -0.520. The average Bonchev–Trinajstić information content (AvgIpc) is 4.25. The van der Waals surface area contributed by atoms with E-state index in [1.54, 1.807) is 14.2 Å². The third-order valence-corrected chi connectivity index (χ3v) is 10.5. The number of methoxy groups -OCH3 is 2. The Bertz CT molecular complexity index is 2240. The van der Waals surface area contributed by atoms with Gasteiger partial charge in [0.25, 0.3) is 11.8 Å². The molecule has 4 saturated heterocycles. The smallest absolute Gasteiger partial charge is 0.332 e. The predicted molar refractivity (Wildman–Crippen MR) is 235 cm³/mol. The monoisotopic (exact) mass is 1000 g/mol. The fourth-order valence-corrected chi connectivity index (χ4v) is 7.19. The van der Waals surface area contributed by atoms with Crippen LogP contribution in [0.4, 0.5) is 0 Å². The summed E-state index contributed by atoms with van der Waals surface area (Å²) in [6, 6.07) is 18.9. The summed E-state index contributed by atoms with van der Waals surface area (Å²) in [7, 11) is 3.17. The van der Waals surface area contributed by atoms with Gasteiger partial charge in [0.15, 0.2) is 25.0 Å². The van der Waals surface area contributed by atoms with Gasteiger partial charge in [0, 0.05) is 25.3 Å². The summed E-state index contributed by atoms with van der Waals surface area (Å²) in [5.74, 6) is -3.28. The number of nitrogens with zero attached hydrogens (tertiary/aromatic N) is 6. The molecule has 2 aromatic heterocycles. The third-order valence-electron chi connectivity index (χ3n) is 10.5. The minimum Gasteiger partial charge on any atom is -0.480 e. The number of aliphatic hydroxyl groups excluding tert-OH is 1. The van der Waals surface area contributed by atoms with E-state index in [9.17, 15) is 24.3 Å². The number of aliphatic carboxylic acids is 1. The Hall–Kier alpha value is -5.92. The molecule has 0 bridgehead atoms. The van der Waals surface area contributed by atoms with Crippen molar-refractivity contribution in [1.29, 1.82) is 0 Å². The van der Waals surface area contributed by atoms with Crippen LogP contribution >= 0.6 is 0 Å². The van der Waals surface area contributed by atoms with E-state index in [0.29, 0.717) is 46.2 Å². The van der Waals surface area contributed by atoms with Gasteiger partial charge in [-0.1, -0.05) is 60.7 Å². The molecule has 0 radical (unpaired) electrons. The van der Waals surface area contributed by atoms with Crippen LogP contribution in [0.15, 0.2) is 73.3 Å². The lowest BCUT2D eigenvalue weighted by Crippen LogP contribution is -2.33. The summed E-state index contributed by atoms with van der Waals surface area (Å²) >= 11 is 0. The summed E-state index contributed by atoms with van der Waals surface area (Å²) in [4.78, 5) is 52.4. The maximum absolute atomic E-state index is 12.1. The number of primary amides is 2. The van der Waals surface area contributed by atoms with Crippen LogP contribution < -0.4 is 11.5 Å². The number of carboxylic acids is 1. The molecule has 71 heavy (non-hydrogen) atoms. The number of carbonyl (C=O) groups excluding carboxylic acids is 3. The van der Waals surface area contributed by atoms with E-state index < -0.39 is 85.4 Å². The van der Waals surface area contributed by atoms with Crippen molar-refractivity contribution in [2.45, 2.75) is 61.7 Å². The number of rotatable bonds is 25. The van der Waals surface area contributed by atoms with Crippen LogP contribution in [-0.2, 0) is 71.2 Å². The maximum atomic E-state index is 12.1. The Labute approximate surface area is 406 Å². The van der Waals surface area contributed by atoms with Gasteiger partial charge < -0.3 is 83.3 Å². The van der Waals surface area contributed by atoms with Gasteiger partial charge in [-0.05, 0) is 0 Å². The number of benzene rings is 2. The largest absolute Gasteiger partial charge is 0.480 e. The molecular formula is C44H58N8O19. The molecule has 0 spiro atoms. The highest BCUT2D eigenvalue weighted by Crippen LogP contribution is 2.45. The second-order valence-corrected chi connectivity index (χ2v) is 15.4. The molecule has 4 aromatic rings. The molecule has 4 aliphatic rings. The summed E-state index contributed by atoms with van der Waals surface area (Å²) in [6.45, 7) is 2.46. The van der Waals surface area contributed by atoms with Gasteiger partial charge in [-0.2, -0.15) is 0 Å². The number of amides is 2. The third kappa shape index (κ3) is 15.8. The molecular weight excluding hydrogens is 945 g/mol. The number of hydrogen-bond acceptors (Lipinski definition) is 22. The van der Waals surface area contributed by atoms with E-state index in [2.05, 4.69) is 20.2 Å². The minimum absolute atomic E-state index is 0.0908. The minimum atomic E-state index is -0.966. The summed E-state index contributed by atoms with van der Waals surface area (Å²) in [6.07, 6.45) is -3.26. The second kappa shape index (κ2) is 28.2. The average molecular weight is 1000 g/mol. The number of fused-ring (bicyclic) bond motifs is 2. The number of carbonyl (C=O) groups is 4. The summed E-state index contributed by atoms with van der Waals surface area (Å²) in [5.41, 5.74) is 12.1. The van der Waals surface area contributed by atoms with E-state index in [0.717, 1.165) is 11.1 Å². The van der Waals surface area contributed by atoms with E-state index in [1.165, 1.54) is 22.0 Å². The number of ether oxygens (including phenoxy) is 13. The summed E-state index contributed by atoms with van der Waals surface area (Å²) < 4.78 is 73.8. The standard InChI is InChI=1S/C22H28N4O9.C15H16N4O5.C7H14O5/c1-29-7-8-30-9-10-31-12-16(27)32-11-15-17-18(35-22(34-17)14-5-3-2-4-6-14)21(33-15)26-13-24-20(25-26)19(23)28;16-12(21)13-17-7-19(18-13)14-11-10(9(6-20)22-14)23-15(24-11)8-4-2-1-3-5-8;1-10-2-3-11-4-5-12-6-7(8)9/h2-6,13,15,17-18,21-22H,7-12H2,1H3,(H2,23,28);1-5,7,9-11,14-15,20H,6H2,(H2,16,21);2-6H2,1H3,(H,8,9)/t15-,17?,18-,21-,22?;9-,10?,11-,14-,15?;/m11./s1. The number of aliphatic hydroxyl groups is 1. The number of nitrogens with two attached hydrogens (primary N) is 2. The lowest BCUT2D eigenvalue weighted by molar-refractivity contribution is -0.171. The molecule has 388 valence electrons. The van der Waals surface area contributed by atoms with Crippen molar-refractivity contribution in [3.63, 3.8) is 0 Å². The van der Waals surface area contributed by atoms with E-state index in [-0.39, 0.29) is 44.7 Å². The molecule has 4 fully saturated rings. The van der Waals surface area contributed by atoms with Crippen LogP contribution in [-0.4, -0.2) is 194 Å². The van der Waals surface area contributed by atoms with Gasteiger partial charge in [-0.25, -0.2) is 28.9 Å². The number of hydrogen-bond donors (Lipinski definition) is 4. The number of carboxylic acid groups (broad SMARTS) is 1. The first-order chi connectivity index (χ1) is 34.5. The van der Waals surface area contributed by atoms with Crippen molar-refractivity contribution >= 4 is 23.8 Å². The lowest BCUT2D eigenvalue weighted by Gasteiger charge is -2.20. The van der Waals surface area contributed by atoms with Crippen molar-refractivity contribution in [2.24, 2.45) is 11.5 Å². The van der Waals surface area contributed by atoms with Crippen LogP contribution in [0.1, 0.15) is 57.4 Å². The van der Waals surface area contributed by atoms with Gasteiger partial charge in [-0.15, -0.1) is 10.2 Å². The zero-order chi connectivity index (χ0) is 50.5. The van der Waals surface area contributed by atoms with Crippen molar-refractivity contribution in [3.8, 4) is 0 Å². The molecule has 4 unspecified atom stereocenters. The highest BCUT2D eigenvalue weighted by molar-refractivity contribution is 5.88. The van der Waals surface area contributed by atoms with Gasteiger partial charge in [0.05, 0.1) is 59.5 Å². The topological polar surface area (TPSA) is 342 Å². The van der Waals surface area contributed by atoms with Gasteiger partial charge in [0.1, 0.15) is 69.1 Å². The van der Waals surface area contributed by atoms with Gasteiger partial charge in [-0.3, -0.25) is 9.59 Å². The molecule has 8 rings (SSSR count). The Kier molecular flexibility index (Phi) is 21.6. The molecule has 27 nitrogen and oxygen atoms in total. The molecule has 0 saturated carbocycles. The van der Waals surface area contributed by atoms with Crippen LogP contribution in [0.3, 0.4) is 0 Å². The van der Waals surface area contributed by atoms with Crippen LogP contribution in [0.2, 0.25) is 0 Å². The first kappa shape index (κ1) is 54.4. The van der Waals surface area contributed by atoms with Crippen LogP contribution in [0, 0.1) is 0 Å². The van der Waals surface area contributed by atoms with Gasteiger partial charge in [0.2, 0.25) is 11.6 Å². The molecule has 6 heterocycles. The van der Waals surface area contributed by atoms with Crippen molar-refractivity contribution < 1.29 is 91.0 Å². The molecule has 27 heteroatoms. The SMILES string of the molecule is COCCOCCOCC(=O)O.COCCOCCOCC(=O)OC[C@H]1O[C@@H](n2cnc(C(N)=O)n2)[C@@H]2OC(c3ccccc3)OC21.NC(=O)c1ncn([C@@H]2O[C@H](CO)C3OC(c4ccccc4)O[C@H]32)n1. The van der Waals surface area contributed by atoms with Crippen molar-refractivity contribution in [1.82, 2.24) is 29.5 Å². The van der Waals surface area contributed by atoms with Crippen molar-refractivity contribution in [3.05, 3.63) is 96.1 Å². The fourth-order valence-electron chi connectivity index (χ4n) is 7.19. The molecule has 4 aliphatic heterocycles. The molecule has 0 aliphatic carbocycles. The zero-order valence-corrected chi connectivity index (χ0v) is 38.9. The number of esters is 1. The Balaban J connectivity index is 0.000000197. The number of aromatic nitrogens is 6. The van der Waals surface area contributed by atoms with E-state index in [1.807, 2.05) is 60.7 Å². The maximum Gasteiger partial charge on any atom is 0.332 e. The normalized spacial score (nSPS) is 25.1. The lowest BCUT2D eigenvalue weighted by atomic mass is 10.1. The highest BCUT2D eigenvalue weighted by atomic mass is 16.8. The quantitative estimate of drug-likeness (QED) is 0.0479.